The molecule has 88 valence electrons. The average molecular weight is 237 g/mol. The van der Waals surface area contributed by atoms with Gasteiger partial charge in [0.15, 0.2) is 5.11 Å². The molecule has 0 amide bonds. The van der Waals surface area contributed by atoms with Crippen LogP contribution in [0.4, 0.5) is 5.69 Å². The predicted octanol–water partition coefficient (Wildman–Crippen LogP) is 2.30. The van der Waals surface area contributed by atoms with E-state index in [1.807, 2.05) is 42.4 Å². The Kier molecular flexibility index (Phi) is 4.12. The van der Waals surface area contributed by atoms with Crippen LogP contribution in [0.15, 0.2) is 30.3 Å². The van der Waals surface area contributed by atoms with E-state index in [-0.39, 0.29) is 5.54 Å². The lowest BCUT2D eigenvalue weighted by molar-refractivity contribution is 0.506. The fourth-order valence-electron chi connectivity index (χ4n) is 1.24. The van der Waals surface area contributed by atoms with Gasteiger partial charge in [-0.15, -0.1) is 0 Å². The third kappa shape index (κ3) is 4.49. The van der Waals surface area contributed by atoms with Gasteiger partial charge in [-0.2, -0.15) is 0 Å². The third-order valence-corrected chi connectivity index (χ3v) is 2.09. The molecule has 0 aromatic heterocycles. The topological polar surface area (TPSA) is 27.3 Å². The van der Waals surface area contributed by atoms with Crippen molar-refractivity contribution < 1.29 is 0 Å². The van der Waals surface area contributed by atoms with Gasteiger partial charge in [-0.3, -0.25) is 10.4 Å². The van der Waals surface area contributed by atoms with Gasteiger partial charge in [0.05, 0.1) is 5.69 Å². The van der Waals surface area contributed by atoms with Gasteiger partial charge < -0.3 is 5.32 Å². The molecule has 0 fully saturated rings. The number of rotatable bonds is 2. The van der Waals surface area contributed by atoms with E-state index in [9.17, 15) is 0 Å². The molecule has 3 nitrogen and oxygen atoms in total. The lowest BCUT2D eigenvalue weighted by atomic mass is 10.1. The average Bonchev–Trinajstić information content (AvgIpc) is 2.16. The van der Waals surface area contributed by atoms with E-state index < -0.39 is 0 Å². The summed E-state index contributed by atoms with van der Waals surface area (Å²) < 4.78 is 0. The lowest BCUT2D eigenvalue weighted by Crippen LogP contribution is -2.51. The minimum Gasteiger partial charge on any atom is -0.357 e. The van der Waals surface area contributed by atoms with E-state index in [1.165, 1.54) is 0 Å². The SMILES string of the molecule is CN(NC(=S)NC(C)(C)C)c1ccccc1. The van der Waals surface area contributed by atoms with E-state index in [4.69, 9.17) is 12.2 Å². The molecule has 0 aliphatic carbocycles. The summed E-state index contributed by atoms with van der Waals surface area (Å²) in [5.41, 5.74) is 4.15. The number of anilines is 1. The molecule has 0 bridgehead atoms. The Labute approximate surface area is 103 Å². The van der Waals surface area contributed by atoms with E-state index >= 15 is 0 Å². The standard InChI is InChI=1S/C12H19N3S/c1-12(2,3)13-11(16)14-15(4)10-8-6-5-7-9-10/h5-9H,1-4H3,(H2,13,14,16). The highest BCUT2D eigenvalue weighted by Gasteiger charge is 2.11. The number of nitrogens with zero attached hydrogens (tertiary/aromatic N) is 1. The zero-order chi connectivity index (χ0) is 12.2. The summed E-state index contributed by atoms with van der Waals surface area (Å²) in [6.07, 6.45) is 0. The molecule has 0 unspecified atom stereocenters. The number of thiocarbonyl (C=S) groups is 1. The first-order valence-electron chi connectivity index (χ1n) is 5.26. The maximum atomic E-state index is 5.21. The van der Waals surface area contributed by atoms with Crippen molar-refractivity contribution in [3.05, 3.63) is 30.3 Å². The quantitative estimate of drug-likeness (QED) is 0.610. The zero-order valence-electron chi connectivity index (χ0n) is 10.2. The Bertz CT molecular complexity index is 343. The molecular weight excluding hydrogens is 218 g/mol. The Morgan fingerprint density at radius 1 is 1.19 bits per heavy atom. The molecule has 0 saturated heterocycles. The van der Waals surface area contributed by atoms with Crippen molar-refractivity contribution in [2.45, 2.75) is 26.3 Å². The number of hydrazine groups is 1. The van der Waals surface area contributed by atoms with Crippen molar-refractivity contribution in [2.24, 2.45) is 0 Å². The van der Waals surface area contributed by atoms with Crippen LogP contribution in [0.1, 0.15) is 20.8 Å². The van der Waals surface area contributed by atoms with Gasteiger partial charge in [0.2, 0.25) is 0 Å². The predicted molar refractivity (Wildman–Crippen MR) is 73.5 cm³/mol. The van der Waals surface area contributed by atoms with E-state index in [0.717, 1.165) is 5.69 Å². The molecule has 0 saturated carbocycles. The number of nitrogens with one attached hydrogen (secondary N) is 2. The smallest absolute Gasteiger partial charge is 0.185 e. The van der Waals surface area contributed by atoms with Crippen molar-refractivity contribution in [2.75, 3.05) is 12.1 Å². The molecule has 2 N–H and O–H groups in total. The normalized spacial score (nSPS) is 10.8. The van der Waals surface area contributed by atoms with Gasteiger partial charge in [0, 0.05) is 12.6 Å². The number of hydrogen-bond acceptors (Lipinski definition) is 2. The van der Waals surface area contributed by atoms with Gasteiger partial charge in [-0.1, -0.05) is 18.2 Å². The summed E-state index contributed by atoms with van der Waals surface area (Å²) in [6.45, 7) is 6.22. The van der Waals surface area contributed by atoms with Crippen LogP contribution < -0.4 is 15.8 Å². The second-order valence-electron chi connectivity index (χ2n) is 4.71. The van der Waals surface area contributed by atoms with Crippen molar-refractivity contribution in [1.29, 1.82) is 0 Å². The monoisotopic (exact) mass is 237 g/mol. The van der Waals surface area contributed by atoms with Crippen molar-refractivity contribution in [3.8, 4) is 0 Å². The largest absolute Gasteiger partial charge is 0.357 e. The molecule has 16 heavy (non-hydrogen) atoms. The highest BCUT2D eigenvalue weighted by Crippen LogP contribution is 2.08. The first kappa shape index (κ1) is 12.8. The second kappa shape index (κ2) is 5.16. The number of benzene rings is 1. The van der Waals surface area contributed by atoms with Gasteiger partial charge >= 0.3 is 0 Å². The summed E-state index contributed by atoms with van der Waals surface area (Å²) in [4.78, 5) is 0. The summed E-state index contributed by atoms with van der Waals surface area (Å²) in [7, 11) is 1.94. The van der Waals surface area contributed by atoms with Gasteiger partial charge in [0.1, 0.15) is 0 Å². The number of hydrogen-bond donors (Lipinski definition) is 2. The summed E-state index contributed by atoms with van der Waals surface area (Å²) >= 11 is 5.21. The first-order chi connectivity index (χ1) is 7.38. The minimum atomic E-state index is -0.0262. The van der Waals surface area contributed by atoms with Crippen LogP contribution in [-0.2, 0) is 0 Å². The van der Waals surface area contributed by atoms with E-state index in [0.29, 0.717) is 5.11 Å². The third-order valence-electron chi connectivity index (χ3n) is 1.90. The highest BCUT2D eigenvalue weighted by molar-refractivity contribution is 7.80. The molecule has 0 spiro atoms. The maximum absolute atomic E-state index is 5.21. The molecule has 0 aliphatic heterocycles. The summed E-state index contributed by atoms with van der Waals surface area (Å²) in [5, 5.41) is 5.71. The molecule has 1 rings (SSSR count). The molecule has 1 aromatic carbocycles. The molecular formula is C12H19N3S. The minimum absolute atomic E-state index is 0.0262. The molecule has 0 radical (unpaired) electrons. The Hall–Kier alpha value is -1.29. The van der Waals surface area contributed by atoms with Crippen LogP contribution in [-0.4, -0.2) is 17.7 Å². The Morgan fingerprint density at radius 2 is 1.75 bits per heavy atom. The lowest BCUT2D eigenvalue weighted by Gasteiger charge is -2.27. The fraction of sp³-hybridized carbons (Fsp3) is 0.417. The van der Waals surface area contributed by atoms with E-state index in [1.54, 1.807) is 0 Å². The molecule has 0 atom stereocenters. The van der Waals surface area contributed by atoms with Crippen LogP contribution in [0.5, 0.6) is 0 Å². The van der Waals surface area contributed by atoms with Crippen molar-refractivity contribution in [3.63, 3.8) is 0 Å². The zero-order valence-corrected chi connectivity index (χ0v) is 11.1. The number of para-hydroxylation sites is 1. The van der Waals surface area contributed by atoms with Gasteiger partial charge in [-0.25, -0.2) is 0 Å². The van der Waals surface area contributed by atoms with Crippen LogP contribution in [0, 0.1) is 0 Å². The van der Waals surface area contributed by atoms with Crippen LogP contribution in [0.2, 0.25) is 0 Å². The molecule has 4 heteroatoms. The van der Waals surface area contributed by atoms with Crippen LogP contribution >= 0.6 is 12.2 Å². The van der Waals surface area contributed by atoms with Gasteiger partial charge in [-0.05, 0) is 45.1 Å². The van der Waals surface area contributed by atoms with Crippen LogP contribution in [0.25, 0.3) is 0 Å². The first-order valence-corrected chi connectivity index (χ1v) is 5.67. The summed E-state index contributed by atoms with van der Waals surface area (Å²) in [6, 6.07) is 10.0. The van der Waals surface area contributed by atoms with Gasteiger partial charge in [0.25, 0.3) is 0 Å². The highest BCUT2D eigenvalue weighted by atomic mass is 32.1. The Morgan fingerprint density at radius 3 is 2.25 bits per heavy atom. The second-order valence-corrected chi connectivity index (χ2v) is 5.12. The van der Waals surface area contributed by atoms with E-state index in [2.05, 4.69) is 31.5 Å². The van der Waals surface area contributed by atoms with Crippen molar-refractivity contribution in [1.82, 2.24) is 10.7 Å². The molecule has 0 heterocycles. The summed E-state index contributed by atoms with van der Waals surface area (Å²) in [5.74, 6) is 0. The van der Waals surface area contributed by atoms with Crippen molar-refractivity contribution >= 4 is 23.0 Å². The molecule has 0 aliphatic rings. The van der Waals surface area contributed by atoms with Crippen LogP contribution in [0.3, 0.4) is 0 Å². The maximum Gasteiger partial charge on any atom is 0.185 e. The fourth-order valence-corrected chi connectivity index (χ4v) is 1.68. The Balaban J connectivity index is 2.52. The molecule has 1 aromatic rings.